The second-order valence-electron chi connectivity index (χ2n) is 5.51. The molecule has 0 bridgehead atoms. The zero-order valence-electron chi connectivity index (χ0n) is 14.5. The van der Waals surface area contributed by atoms with Gasteiger partial charge in [-0.05, 0) is 48.9 Å². The quantitative estimate of drug-likeness (QED) is 0.475. The number of ether oxygens (including phenoxy) is 2. The van der Waals surface area contributed by atoms with Gasteiger partial charge in [-0.1, -0.05) is 18.2 Å². The number of methoxy groups -OCH3 is 1. The van der Waals surface area contributed by atoms with Crippen LogP contribution in [-0.4, -0.2) is 23.6 Å². The van der Waals surface area contributed by atoms with Gasteiger partial charge in [0.2, 0.25) is 0 Å². The highest BCUT2D eigenvalue weighted by Crippen LogP contribution is 2.29. The molecule has 3 rings (SSSR count). The SMILES string of the molecule is CCOc1ccc(/C=C/c2ccc3c([N+](=O)[O-])cccc3n2)cc1OC. The van der Waals surface area contributed by atoms with Crippen LogP contribution in [0.5, 0.6) is 11.5 Å². The fourth-order valence-electron chi connectivity index (χ4n) is 2.65. The molecule has 0 fully saturated rings. The summed E-state index contributed by atoms with van der Waals surface area (Å²) >= 11 is 0. The van der Waals surface area contributed by atoms with E-state index in [1.807, 2.05) is 37.3 Å². The summed E-state index contributed by atoms with van der Waals surface area (Å²) in [5.74, 6) is 1.36. The van der Waals surface area contributed by atoms with E-state index in [-0.39, 0.29) is 5.69 Å². The number of nitro benzene ring substituents is 1. The Bertz CT molecular complexity index is 983. The second kappa shape index (κ2) is 7.65. The Morgan fingerprint density at radius 2 is 1.96 bits per heavy atom. The molecule has 0 aliphatic heterocycles. The molecule has 0 unspecified atom stereocenters. The van der Waals surface area contributed by atoms with E-state index < -0.39 is 4.92 Å². The lowest BCUT2D eigenvalue weighted by Crippen LogP contribution is -1.95. The molecule has 0 radical (unpaired) electrons. The van der Waals surface area contributed by atoms with Crippen molar-refractivity contribution in [1.82, 2.24) is 4.98 Å². The maximum absolute atomic E-state index is 11.1. The first-order valence-electron chi connectivity index (χ1n) is 8.15. The van der Waals surface area contributed by atoms with Gasteiger partial charge < -0.3 is 9.47 Å². The van der Waals surface area contributed by atoms with Crippen LogP contribution >= 0.6 is 0 Å². The van der Waals surface area contributed by atoms with Crippen molar-refractivity contribution in [2.45, 2.75) is 6.92 Å². The molecule has 0 aliphatic carbocycles. The van der Waals surface area contributed by atoms with Gasteiger partial charge in [-0.25, -0.2) is 4.98 Å². The number of non-ortho nitro benzene ring substituents is 1. The first-order chi connectivity index (χ1) is 12.6. The molecule has 26 heavy (non-hydrogen) atoms. The van der Waals surface area contributed by atoms with E-state index in [1.54, 1.807) is 31.4 Å². The van der Waals surface area contributed by atoms with Crippen LogP contribution in [0, 0.1) is 10.1 Å². The van der Waals surface area contributed by atoms with Crippen LogP contribution < -0.4 is 9.47 Å². The van der Waals surface area contributed by atoms with Crippen molar-refractivity contribution in [2.24, 2.45) is 0 Å². The van der Waals surface area contributed by atoms with E-state index in [2.05, 4.69) is 4.98 Å². The van der Waals surface area contributed by atoms with E-state index in [0.717, 1.165) is 5.56 Å². The Hall–Kier alpha value is -3.41. The number of fused-ring (bicyclic) bond motifs is 1. The highest BCUT2D eigenvalue weighted by molar-refractivity contribution is 5.89. The summed E-state index contributed by atoms with van der Waals surface area (Å²) < 4.78 is 10.9. The minimum Gasteiger partial charge on any atom is -0.493 e. The molecular weight excluding hydrogens is 332 g/mol. The first kappa shape index (κ1) is 17.4. The topological polar surface area (TPSA) is 74.5 Å². The van der Waals surface area contributed by atoms with Gasteiger partial charge in [-0.15, -0.1) is 0 Å². The molecule has 0 amide bonds. The molecule has 6 heteroatoms. The van der Waals surface area contributed by atoms with E-state index in [0.29, 0.717) is 34.7 Å². The third-order valence-electron chi connectivity index (χ3n) is 3.86. The molecule has 132 valence electrons. The molecule has 0 spiro atoms. The molecule has 1 heterocycles. The Morgan fingerprint density at radius 3 is 2.69 bits per heavy atom. The Labute approximate surface area is 150 Å². The van der Waals surface area contributed by atoms with Gasteiger partial charge >= 0.3 is 0 Å². The van der Waals surface area contributed by atoms with Crippen LogP contribution in [0.1, 0.15) is 18.2 Å². The van der Waals surface area contributed by atoms with Gasteiger partial charge in [0.05, 0.1) is 35.2 Å². The third-order valence-corrected chi connectivity index (χ3v) is 3.86. The molecule has 2 aromatic carbocycles. The summed E-state index contributed by atoms with van der Waals surface area (Å²) in [6.07, 6.45) is 3.76. The Morgan fingerprint density at radius 1 is 1.12 bits per heavy atom. The van der Waals surface area contributed by atoms with Gasteiger partial charge in [-0.2, -0.15) is 0 Å². The van der Waals surface area contributed by atoms with Crippen molar-refractivity contribution in [2.75, 3.05) is 13.7 Å². The summed E-state index contributed by atoms with van der Waals surface area (Å²) in [5, 5.41) is 11.6. The van der Waals surface area contributed by atoms with Crippen LogP contribution in [0.4, 0.5) is 5.69 Å². The van der Waals surface area contributed by atoms with Crippen LogP contribution in [0.25, 0.3) is 23.1 Å². The minimum absolute atomic E-state index is 0.0572. The molecular formula is C20H18N2O4. The number of rotatable bonds is 6. The maximum Gasteiger partial charge on any atom is 0.278 e. The lowest BCUT2D eigenvalue weighted by Gasteiger charge is -2.09. The summed E-state index contributed by atoms with van der Waals surface area (Å²) in [5.41, 5.74) is 2.30. The molecule has 0 saturated heterocycles. The van der Waals surface area contributed by atoms with Gasteiger partial charge in [-0.3, -0.25) is 10.1 Å². The highest BCUT2D eigenvalue weighted by Gasteiger charge is 2.11. The maximum atomic E-state index is 11.1. The monoisotopic (exact) mass is 350 g/mol. The Balaban J connectivity index is 1.90. The molecule has 0 N–H and O–H groups in total. The molecule has 0 atom stereocenters. The number of hydrogen-bond acceptors (Lipinski definition) is 5. The fraction of sp³-hybridized carbons (Fsp3) is 0.150. The number of pyridine rings is 1. The largest absolute Gasteiger partial charge is 0.493 e. The lowest BCUT2D eigenvalue weighted by atomic mass is 10.1. The van der Waals surface area contributed by atoms with Gasteiger partial charge in [0.15, 0.2) is 11.5 Å². The van der Waals surface area contributed by atoms with Gasteiger partial charge in [0, 0.05) is 6.07 Å². The summed E-state index contributed by atoms with van der Waals surface area (Å²) in [4.78, 5) is 15.2. The van der Waals surface area contributed by atoms with E-state index in [9.17, 15) is 10.1 Å². The number of hydrogen-bond donors (Lipinski definition) is 0. The standard InChI is InChI=1S/C20H18N2O4/c1-3-26-19-12-8-14(13-20(19)25-2)7-9-15-10-11-16-17(21-15)5-4-6-18(16)22(23)24/h4-13H,3H2,1-2H3/b9-7+. The predicted molar refractivity (Wildman–Crippen MR) is 101 cm³/mol. The van der Waals surface area contributed by atoms with Crippen molar-refractivity contribution >= 4 is 28.7 Å². The fourth-order valence-corrected chi connectivity index (χ4v) is 2.65. The molecule has 6 nitrogen and oxygen atoms in total. The smallest absolute Gasteiger partial charge is 0.278 e. The molecule has 0 aliphatic rings. The lowest BCUT2D eigenvalue weighted by molar-refractivity contribution is -0.383. The number of benzene rings is 2. The second-order valence-corrected chi connectivity index (χ2v) is 5.51. The number of aromatic nitrogens is 1. The minimum atomic E-state index is -0.397. The van der Waals surface area contributed by atoms with Gasteiger partial charge in [0.1, 0.15) is 0 Å². The van der Waals surface area contributed by atoms with Crippen LogP contribution in [0.15, 0.2) is 48.5 Å². The van der Waals surface area contributed by atoms with Crippen molar-refractivity contribution < 1.29 is 14.4 Å². The summed E-state index contributed by atoms with van der Waals surface area (Å²) in [6.45, 7) is 2.49. The zero-order chi connectivity index (χ0) is 18.5. The van der Waals surface area contributed by atoms with Crippen LogP contribution in [0.2, 0.25) is 0 Å². The van der Waals surface area contributed by atoms with E-state index >= 15 is 0 Å². The van der Waals surface area contributed by atoms with E-state index in [1.165, 1.54) is 6.07 Å². The first-order valence-corrected chi connectivity index (χ1v) is 8.15. The van der Waals surface area contributed by atoms with Crippen molar-refractivity contribution in [1.29, 1.82) is 0 Å². The molecule has 1 aromatic heterocycles. The predicted octanol–water partition coefficient (Wildman–Crippen LogP) is 4.72. The molecule has 3 aromatic rings. The highest BCUT2D eigenvalue weighted by atomic mass is 16.6. The van der Waals surface area contributed by atoms with Crippen molar-refractivity contribution in [3.05, 3.63) is 69.9 Å². The zero-order valence-corrected chi connectivity index (χ0v) is 14.5. The third kappa shape index (κ3) is 3.64. The number of nitro groups is 1. The summed E-state index contributed by atoms with van der Waals surface area (Å²) in [6, 6.07) is 14.0. The van der Waals surface area contributed by atoms with Crippen LogP contribution in [-0.2, 0) is 0 Å². The van der Waals surface area contributed by atoms with Gasteiger partial charge in [0.25, 0.3) is 5.69 Å². The normalized spacial score (nSPS) is 11.0. The summed E-state index contributed by atoms with van der Waals surface area (Å²) in [7, 11) is 1.60. The Kier molecular flexibility index (Phi) is 5.12. The van der Waals surface area contributed by atoms with Crippen LogP contribution in [0.3, 0.4) is 0 Å². The molecule has 0 saturated carbocycles. The average molecular weight is 350 g/mol. The van der Waals surface area contributed by atoms with Crippen molar-refractivity contribution in [3.8, 4) is 11.5 Å². The van der Waals surface area contributed by atoms with Crippen molar-refractivity contribution in [3.63, 3.8) is 0 Å². The number of nitrogens with zero attached hydrogens (tertiary/aromatic N) is 2. The average Bonchev–Trinajstić information content (AvgIpc) is 2.66. The van der Waals surface area contributed by atoms with E-state index in [4.69, 9.17) is 9.47 Å².